The number of ether oxygens (including phenoxy) is 2. The van der Waals surface area contributed by atoms with Crippen LogP contribution < -0.4 is 10.6 Å². The Kier molecular flexibility index (Phi) is 6.59. The molecular weight excluding hydrogens is 410 g/mol. The lowest BCUT2D eigenvalue weighted by Gasteiger charge is -2.16. The molecule has 0 bridgehead atoms. The van der Waals surface area contributed by atoms with Crippen LogP contribution in [0, 0.1) is 0 Å². The predicted octanol–water partition coefficient (Wildman–Crippen LogP) is 3.74. The molecule has 1 amide bonds. The fourth-order valence-corrected chi connectivity index (χ4v) is 4.20. The number of rotatable bonds is 8. The van der Waals surface area contributed by atoms with Gasteiger partial charge >= 0.3 is 6.09 Å². The summed E-state index contributed by atoms with van der Waals surface area (Å²) in [6.45, 7) is 4.43. The van der Waals surface area contributed by atoms with Crippen molar-refractivity contribution in [3.05, 3.63) is 29.8 Å². The zero-order valence-corrected chi connectivity index (χ0v) is 19.0. The lowest BCUT2D eigenvalue weighted by Crippen LogP contribution is -2.34. The van der Waals surface area contributed by atoms with Crippen molar-refractivity contribution in [3.63, 3.8) is 0 Å². The van der Waals surface area contributed by atoms with Gasteiger partial charge in [0.05, 0.1) is 29.7 Å². The molecule has 1 saturated carbocycles. The first-order chi connectivity index (χ1) is 15.5. The number of methoxy groups -OCH3 is 1. The number of nitrogens with one attached hydrogen (secondary N) is 3. The Morgan fingerprint density at radius 1 is 1.38 bits per heavy atom. The van der Waals surface area contributed by atoms with E-state index in [9.17, 15) is 4.79 Å². The SMILES string of the molecule is CCC(C)NC(=O)O[C@@H]1CC[C@H](c2cc(Nc3cncc4c(COC)nn(C)c34)n[nH]2)C1. The molecule has 4 rings (SSSR count). The predicted molar refractivity (Wildman–Crippen MR) is 121 cm³/mol. The van der Waals surface area contributed by atoms with Gasteiger partial charge in [0.1, 0.15) is 6.10 Å². The van der Waals surface area contributed by atoms with Crippen molar-refractivity contribution < 1.29 is 14.3 Å². The summed E-state index contributed by atoms with van der Waals surface area (Å²) in [5.41, 5.74) is 3.65. The van der Waals surface area contributed by atoms with Crippen molar-refractivity contribution in [2.24, 2.45) is 7.05 Å². The minimum atomic E-state index is -0.332. The average molecular weight is 442 g/mol. The van der Waals surface area contributed by atoms with Crippen LogP contribution in [0.5, 0.6) is 0 Å². The molecule has 0 aliphatic heterocycles. The van der Waals surface area contributed by atoms with Crippen molar-refractivity contribution in [1.29, 1.82) is 0 Å². The number of carbonyl (C=O) groups is 1. The third kappa shape index (κ3) is 4.69. The molecule has 1 aliphatic rings. The van der Waals surface area contributed by atoms with Crippen molar-refractivity contribution in [2.45, 2.75) is 64.2 Å². The fourth-order valence-electron chi connectivity index (χ4n) is 4.20. The van der Waals surface area contributed by atoms with Gasteiger partial charge in [-0.1, -0.05) is 6.92 Å². The minimum Gasteiger partial charge on any atom is -0.446 e. The second-order valence-corrected chi connectivity index (χ2v) is 8.41. The molecule has 0 saturated heterocycles. The summed E-state index contributed by atoms with van der Waals surface area (Å²) < 4.78 is 12.7. The number of anilines is 2. The van der Waals surface area contributed by atoms with Gasteiger partial charge in [-0.15, -0.1) is 0 Å². The number of fused-ring (bicyclic) bond motifs is 1. The summed E-state index contributed by atoms with van der Waals surface area (Å²) in [5.74, 6) is 0.987. The van der Waals surface area contributed by atoms with Gasteiger partial charge in [0.2, 0.25) is 0 Å². The molecule has 0 radical (unpaired) electrons. The maximum absolute atomic E-state index is 12.0. The van der Waals surface area contributed by atoms with Crippen LogP contribution in [-0.2, 0) is 23.1 Å². The van der Waals surface area contributed by atoms with E-state index in [-0.39, 0.29) is 24.2 Å². The van der Waals surface area contributed by atoms with E-state index in [0.29, 0.717) is 12.4 Å². The second-order valence-electron chi connectivity index (χ2n) is 8.41. The van der Waals surface area contributed by atoms with E-state index in [2.05, 4.69) is 30.9 Å². The number of H-pyrrole nitrogens is 1. The van der Waals surface area contributed by atoms with Gasteiger partial charge in [0, 0.05) is 49.5 Å². The quantitative estimate of drug-likeness (QED) is 0.487. The smallest absolute Gasteiger partial charge is 0.407 e. The van der Waals surface area contributed by atoms with Crippen LogP contribution in [0.4, 0.5) is 16.3 Å². The molecule has 3 heterocycles. The van der Waals surface area contributed by atoms with E-state index < -0.39 is 0 Å². The molecular formula is C22H31N7O3. The number of aryl methyl sites for hydroxylation is 1. The summed E-state index contributed by atoms with van der Waals surface area (Å²) in [7, 11) is 3.55. The van der Waals surface area contributed by atoms with Crippen molar-refractivity contribution in [1.82, 2.24) is 30.3 Å². The third-order valence-electron chi connectivity index (χ3n) is 6.04. The maximum atomic E-state index is 12.0. The van der Waals surface area contributed by atoms with Crippen molar-refractivity contribution in [3.8, 4) is 0 Å². The zero-order valence-electron chi connectivity index (χ0n) is 19.0. The number of alkyl carbamates (subject to hydrolysis) is 1. The summed E-state index contributed by atoms with van der Waals surface area (Å²) in [6, 6.07) is 2.13. The number of carbonyl (C=O) groups excluding carboxylic acids is 1. The first-order valence-corrected chi connectivity index (χ1v) is 11.1. The number of pyridine rings is 1. The molecule has 0 spiro atoms. The number of amides is 1. The lowest BCUT2D eigenvalue weighted by atomic mass is 10.0. The van der Waals surface area contributed by atoms with Crippen LogP contribution in [0.1, 0.15) is 56.8 Å². The van der Waals surface area contributed by atoms with Crippen LogP contribution in [0.2, 0.25) is 0 Å². The van der Waals surface area contributed by atoms with Crippen molar-refractivity contribution in [2.75, 3.05) is 12.4 Å². The number of aromatic nitrogens is 5. The molecule has 0 aromatic carbocycles. The second kappa shape index (κ2) is 9.56. The molecule has 3 aromatic heterocycles. The van der Waals surface area contributed by atoms with E-state index in [0.717, 1.165) is 53.7 Å². The molecule has 3 aromatic rings. The summed E-state index contributed by atoms with van der Waals surface area (Å²) in [5, 5.41) is 19.3. The highest BCUT2D eigenvalue weighted by atomic mass is 16.6. The van der Waals surface area contributed by atoms with E-state index in [4.69, 9.17) is 9.47 Å². The standard InChI is InChI=1S/C22H31N7O3/c1-5-13(2)24-22(30)32-15-7-6-14(8-15)17-9-20(27-26-17)25-18-11-23-10-16-19(12-31-4)28-29(3)21(16)18/h9-11,13-15H,5-8,12H2,1-4H3,(H,24,30)(H2,25,26,27)/t13?,14-,15+/m0/s1. The van der Waals surface area contributed by atoms with Crippen LogP contribution in [0.15, 0.2) is 18.5 Å². The molecule has 172 valence electrons. The van der Waals surface area contributed by atoms with E-state index >= 15 is 0 Å². The maximum Gasteiger partial charge on any atom is 0.407 e. The Hall–Kier alpha value is -3.14. The molecule has 1 aliphatic carbocycles. The first kappa shape index (κ1) is 22.1. The molecule has 3 atom stereocenters. The Balaban J connectivity index is 1.41. The molecule has 10 nitrogen and oxygen atoms in total. The fraction of sp³-hybridized carbons (Fsp3) is 0.545. The Morgan fingerprint density at radius 3 is 3.00 bits per heavy atom. The molecule has 1 fully saturated rings. The van der Waals surface area contributed by atoms with Crippen LogP contribution in [0.25, 0.3) is 10.9 Å². The number of nitrogens with zero attached hydrogens (tertiary/aromatic N) is 4. The van der Waals surface area contributed by atoms with Crippen LogP contribution in [-0.4, -0.2) is 50.3 Å². The van der Waals surface area contributed by atoms with E-state index in [1.165, 1.54) is 0 Å². The van der Waals surface area contributed by atoms with Crippen molar-refractivity contribution >= 4 is 28.5 Å². The first-order valence-electron chi connectivity index (χ1n) is 11.1. The van der Waals surface area contributed by atoms with Crippen LogP contribution in [0.3, 0.4) is 0 Å². The topological polar surface area (TPSA) is 119 Å². The monoisotopic (exact) mass is 441 g/mol. The number of hydrogen-bond acceptors (Lipinski definition) is 7. The van der Waals surface area contributed by atoms with Gasteiger partial charge in [-0.05, 0) is 32.6 Å². The van der Waals surface area contributed by atoms with Gasteiger partial charge in [-0.25, -0.2) is 4.79 Å². The molecule has 32 heavy (non-hydrogen) atoms. The summed E-state index contributed by atoms with van der Waals surface area (Å²) >= 11 is 0. The normalized spacial score (nSPS) is 19.2. The average Bonchev–Trinajstić information content (AvgIpc) is 3.48. The van der Waals surface area contributed by atoms with Gasteiger partial charge in [0.15, 0.2) is 5.82 Å². The molecule has 1 unspecified atom stereocenters. The highest BCUT2D eigenvalue weighted by molar-refractivity contribution is 5.93. The largest absolute Gasteiger partial charge is 0.446 e. The summed E-state index contributed by atoms with van der Waals surface area (Å²) in [4.78, 5) is 16.4. The Morgan fingerprint density at radius 2 is 2.22 bits per heavy atom. The highest BCUT2D eigenvalue weighted by Gasteiger charge is 2.30. The third-order valence-corrected chi connectivity index (χ3v) is 6.04. The highest BCUT2D eigenvalue weighted by Crippen LogP contribution is 2.36. The zero-order chi connectivity index (χ0) is 22.7. The number of aromatic amines is 1. The Labute approximate surface area is 187 Å². The van der Waals surface area contributed by atoms with Gasteiger partial charge < -0.3 is 20.1 Å². The van der Waals surface area contributed by atoms with E-state index in [1.807, 2.05) is 31.6 Å². The van der Waals surface area contributed by atoms with Crippen LogP contribution >= 0.6 is 0 Å². The molecule has 10 heteroatoms. The van der Waals surface area contributed by atoms with E-state index in [1.54, 1.807) is 19.5 Å². The molecule has 3 N–H and O–H groups in total. The lowest BCUT2D eigenvalue weighted by molar-refractivity contribution is 0.0974. The summed E-state index contributed by atoms with van der Waals surface area (Å²) in [6.07, 6.45) is 6.62. The number of hydrogen-bond donors (Lipinski definition) is 3. The van der Waals surface area contributed by atoms with Gasteiger partial charge in [0.25, 0.3) is 0 Å². The van der Waals surface area contributed by atoms with Gasteiger partial charge in [-0.2, -0.15) is 10.2 Å². The van der Waals surface area contributed by atoms with Gasteiger partial charge in [-0.3, -0.25) is 14.8 Å². The Bertz CT molecular complexity index is 1080. The minimum absolute atomic E-state index is 0.0737.